The van der Waals surface area contributed by atoms with Crippen LogP contribution in [0.4, 0.5) is 0 Å². The van der Waals surface area contributed by atoms with E-state index < -0.39 is 0 Å². The second-order valence-corrected chi connectivity index (χ2v) is 6.77. The summed E-state index contributed by atoms with van der Waals surface area (Å²) in [7, 11) is 0. The lowest BCUT2D eigenvalue weighted by Crippen LogP contribution is -1.95. The molecular weight excluding hydrogens is 346 g/mol. The number of benzene rings is 2. The summed E-state index contributed by atoms with van der Waals surface area (Å²) in [5.74, 6) is 1.96. The van der Waals surface area contributed by atoms with Crippen LogP contribution in [0, 0.1) is 6.92 Å². The fraction of sp³-hybridized carbons (Fsp3) is 0.150. The van der Waals surface area contributed by atoms with Crippen LogP contribution < -0.4 is 4.74 Å². The number of pyridine rings is 1. The van der Waals surface area contributed by atoms with E-state index in [1.807, 2.05) is 49.5 Å². The van der Waals surface area contributed by atoms with Crippen LogP contribution in [0.2, 0.25) is 0 Å². The predicted molar refractivity (Wildman–Crippen MR) is 101 cm³/mol. The number of aromatic nitrogens is 3. The van der Waals surface area contributed by atoms with Gasteiger partial charge in [-0.2, -0.15) is 0 Å². The Labute approximate surface area is 155 Å². The van der Waals surface area contributed by atoms with Crippen LogP contribution in [0.15, 0.2) is 70.4 Å². The minimum Gasteiger partial charge on any atom is -0.484 e. The Bertz CT molecular complexity index is 1010. The van der Waals surface area contributed by atoms with Crippen molar-refractivity contribution >= 4 is 22.7 Å². The third-order valence-corrected chi connectivity index (χ3v) is 4.77. The monoisotopic (exact) mass is 363 g/mol. The highest BCUT2D eigenvalue weighted by Gasteiger charge is 2.09. The van der Waals surface area contributed by atoms with Gasteiger partial charge in [0.15, 0.2) is 6.61 Å². The Morgan fingerprint density at radius 1 is 1.00 bits per heavy atom. The summed E-state index contributed by atoms with van der Waals surface area (Å²) in [6.07, 6.45) is 1.81. The molecule has 0 bridgehead atoms. The highest BCUT2D eigenvalue weighted by atomic mass is 32.2. The molecule has 0 atom stereocenters. The van der Waals surface area contributed by atoms with Gasteiger partial charge in [-0.3, -0.25) is 4.98 Å². The molecule has 26 heavy (non-hydrogen) atoms. The molecule has 2 aromatic carbocycles. The smallest absolute Gasteiger partial charge is 0.277 e. The van der Waals surface area contributed by atoms with E-state index in [-0.39, 0.29) is 6.61 Å². The molecule has 0 unspecified atom stereocenters. The van der Waals surface area contributed by atoms with E-state index in [0.717, 1.165) is 28.0 Å². The van der Waals surface area contributed by atoms with E-state index in [4.69, 9.17) is 9.15 Å². The molecule has 0 saturated heterocycles. The molecule has 130 valence electrons. The molecule has 0 fully saturated rings. The van der Waals surface area contributed by atoms with Gasteiger partial charge in [0.25, 0.3) is 11.1 Å². The minimum absolute atomic E-state index is 0.256. The molecule has 4 rings (SSSR count). The van der Waals surface area contributed by atoms with Crippen LogP contribution in [-0.2, 0) is 12.4 Å². The van der Waals surface area contributed by atoms with Gasteiger partial charge in [-0.25, -0.2) is 0 Å². The van der Waals surface area contributed by atoms with Crippen LogP contribution in [0.1, 0.15) is 17.0 Å². The zero-order valence-electron chi connectivity index (χ0n) is 14.3. The molecule has 0 N–H and O–H groups in total. The fourth-order valence-corrected chi connectivity index (χ4v) is 3.32. The molecular formula is C20H17N3O2S. The Hall–Kier alpha value is -2.86. The Balaban J connectivity index is 1.38. The summed E-state index contributed by atoms with van der Waals surface area (Å²) in [6.45, 7) is 2.29. The number of aryl methyl sites for hydroxylation is 1. The number of hydrogen-bond acceptors (Lipinski definition) is 6. The second kappa shape index (κ2) is 7.58. The molecule has 6 heteroatoms. The minimum atomic E-state index is 0.256. The van der Waals surface area contributed by atoms with Gasteiger partial charge >= 0.3 is 0 Å². The molecule has 2 heterocycles. The topological polar surface area (TPSA) is 61.0 Å². The summed E-state index contributed by atoms with van der Waals surface area (Å²) in [5, 5.41) is 9.79. The van der Waals surface area contributed by atoms with Gasteiger partial charge in [0, 0.05) is 17.3 Å². The number of para-hydroxylation sites is 1. The SMILES string of the molecule is Cc1ccc(OCc2nnc(SCc3cccc4cccnc34)o2)cc1. The Kier molecular flexibility index (Phi) is 4.84. The highest BCUT2D eigenvalue weighted by molar-refractivity contribution is 7.98. The molecule has 4 aromatic rings. The van der Waals surface area contributed by atoms with Crippen LogP contribution in [0.25, 0.3) is 10.9 Å². The first-order valence-electron chi connectivity index (χ1n) is 8.25. The standard InChI is InChI=1S/C20H17N3O2S/c1-14-7-9-17(10-8-14)24-12-18-22-23-20(25-18)26-13-16-5-2-4-15-6-3-11-21-19(15)16/h2-11H,12-13H2,1H3. The average molecular weight is 363 g/mol. The number of fused-ring (bicyclic) bond motifs is 1. The maximum absolute atomic E-state index is 5.67. The number of hydrogen-bond donors (Lipinski definition) is 0. The summed E-state index contributed by atoms with van der Waals surface area (Å²) >= 11 is 1.50. The summed E-state index contributed by atoms with van der Waals surface area (Å²) in [6, 6.07) is 18.0. The van der Waals surface area contributed by atoms with Crippen molar-refractivity contribution in [1.29, 1.82) is 0 Å². The number of ether oxygens (including phenoxy) is 1. The number of nitrogens with zero attached hydrogens (tertiary/aromatic N) is 3. The molecule has 0 amide bonds. The van der Waals surface area contributed by atoms with Crippen LogP contribution in [0.5, 0.6) is 5.75 Å². The van der Waals surface area contributed by atoms with Crippen molar-refractivity contribution in [1.82, 2.24) is 15.2 Å². The number of rotatable bonds is 6. The van der Waals surface area contributed by atoms with E-state index >= 15 is 0 Å². The highest BCUT2D eigenvalue weighted by Crippen LogP contribution is 2.25. The van der Waals surface area contributed by atoms with Crippen molar-refractivity contribution in [3.8, 4) is 5.75 Å². The molecule has 0 spiro atoms. The Morgan fingerprint density at radius 2 is 1.85 bits per heavy atom. The van der Waals surface area contributed by atoms with E-state index in [2.05, 4.69) is 33.4 Å². The van der Waals surface area contributed by atoms with Crippen LogP contribution in [0.3, 0.4) is 0 Å². The maximum Gasteiger partial charge on any atom is 0.277 e. The van der Waals surface area contributed by atoms with E-state index in [9.17, 15) is 0 Å². The van der Waals surface area contributed by atoms with Crippen molar-refractivity contribution in [2.75, 3.05) is 0 Å². The van der Waals surface area contributed by atoms with E-state index in [1.54, 1.807) is 0 Å². The van der Waals surface area contributed by atoms with Crippen LogP contribution >= 0.6 is 11.8 Å². The Morgan fingerprint density at radius 3 is 2.73 bits per heavy atom. The van der Waals surface area contributed by atoms with Gasteiger partial charge in [0.2, 0.25) is 0 Å². The van der Waals surface area contributed by atoms with Crippen molar-refractivity contribution < 1.29 is 9.15 Å². The summed E-state index contributed by atoms with van der Waals surface area (Å²) in [5.41, 5.74) is 3.34. The first kappa shape index (κ1) is 16.6. The van der Waals surface area contributed by atoms with E-state index in [0.29, 0.717) is 11.1 Å². The van der Waals surface area contributed by atoms with Crippen molar-refractivity contribution in [3.05, 3.63) is 77.8 Å². The molecule has 0 aliphatic carbocycles. The molecule has 0 saturated carbocycles. The lowest BCUT2D eigenvalue weighted by molar-refractivity contribution is 0.252. The first-order valence-corrected chi connectivity index (χ1v) is 9.24. The van der Waals surface area contributed by atoms with Gasteiger partial charge in [0.05, 0.1) is 5.52 Å². The van der Waals surface area contributed by atoms with Crippen molar-refractivity contribution in [2.45, 2.75) is 24.5 Å². The zero-order chi connectivity index (χ0) is 17.8. The van der Waals surface area contributed by atoms with Gasteiger partial charge < -0.3 is 9.15 Å². The van der Waals surface area contributed by atoms with E-state index in [1.165, 1.54) is 17.3 Å². The number of thioether (sulfide) groups is 1. The molecule has 2 aromatic heterocycles. The predicted octanol–water partition coefficient (Wildman–Crippen LogP) is 4.80. The summed E-state index contributed by atoms with van der Waals surface area (Å²) < 4.78 is 11.3. The zero-order valence-corrected chi connectivity index (χ0v) is 15.1. The maximum atomic E-state index is 5.67. The third-order valence-electron chi connectivity index (χ3n) is 3.90. The van der Waals surface area contributed by atoms with Gasteiger partial charge in [-0.15, -0.1) is 10.2 Å². The second-order valence-electron chi connectivity index (χ2n) is 5.84. The lowest BCUT2D eigenvalue weighted by Gasteiger charge is -2.04. The molecule has 0 aliphatic rings. The van der Waals surface area contributed by atoms with Crippen molar-refractivity contribution in [2.24, 2.45) is 0 Å². The molecule has 0 radical (unpaired) electrons. The quantitative estimate of drug-likeness (QED) is 0.459. The lowest BCUT2D eigenvalue weighted by atomic mass is 10.1. The average Bonchev–Trinajstić information content (AvgIpc) is 3.14. The normalized spacial score (nSPS) is 11.0. The summed E-state index contributed by atoms with van der Waals surface area (Å²) in [4.78, 5) is 4.47. The third kappa shape index (κ3) is 3.86. The first-order chi connectivity index (χ1) is 12.8. The molecule has 0 aliphatic heterocycles. The van der Waals surface area contributed by atoms with Gasteiger partial charge in [-0.05, 0) is 30.7 Å². The fourth-order valence-electron chi connectivity index (χ4n) is 2.56. The largest absolute Gasteiger partial charge is 0.484 e. The van der Waals surface area contributed by atoms with Crippen LogP contribution in [-0.4, -0.2) is 15.2 Å². The van der Waals surface area contributed by atoms with Gasteiger partial charge in [-0.1, -0.05) is 53.7 Å². The van der Waals surface area contributed by atoms with Crippen molar-refractivity contribution in [3.63, 3.8) is 0 Å². The van der Waals surface area contributed by atoms with Gasteiger partial charge in [0.1, 0.15) is 5.75 Å². The molecule has 5 nitrogen and oxygen atoms in total.